The molecule has 0 radical (unpaired) electrons. The first-order chi connectivity index (χ1) is 14.6. The van der Waals surface area contributed by atoms with Gasteiger partial charge in [0.2, 0.25) is 0 Å². The molecular weight excluding hydrogens is 376 g/mol. The van der Waals surface area contributed by atoms with Gasteiger partial charge in [0.25, 0.3) is 5.91 Å². The van der Waals surface area contributed by atoms with E-state index in [4.69, 9.17) is 14.5 Å². The molecule has 0 saturated carbocycles. The second-order valence-corrected chi connectivity index (χ2v) is 6.95. The van der Waals surface area contributed by atoms with Crippen LogP contribution >= 0.6 is 0 Å². The number of benzene rings is 3. The molecule has 3 aromatic rings. The number of rotatable bonds is 5. The smallest absolute Gasteiger partial charge is 0.282 e. The third-order valence-corrected chi connectivity index (χ3v) is 4.86. The molecule has 0 atom stereocenters. The summed E-state index contributed by atoms with van der Waals surface area (Å²) in [6.45, 7) is 2.02. The zero-order valence-corrected chi connectivity index (χ0v) is 17.1. The van der Waals surface area contributed by atoms with Gasteiger partial charge in [-0.3, -0.25) is 9.69 Å². The van der Waals surface area contributed by atoms with Crippen LogP contribution in [0.2, 0.25) is 0 Å². The Morgan fingerprint density at radius 3 is 2.30 bits per heavy atom. The summed E-state index contributed by atoms with van der Waals surface area (Å²) in [5, 5.41) is 0. The Kier molecular flexibility index (Phi) is 5.35. The Hall–Kier alpha value is -3.86. The van der Waals surface area contributed by atoms with Crippen LogP contribution < -0.4 is 14.4 Å². The van der Waals surface area contributed by atoms with Gasteiger partial charge in [0, 0.05) is 5.56 Å². The highest BCUT2D eigenvalue weighted by Gasteiger charge is 2.32. The number of aliphatic imine (C=N–C) groups is 1. The minimum absolute atomic E-state index is 0.181. The van der Waals surface area contributed by atoms with Gasteiger partial charge < -0.3 is 9.47 Å². The molecule has 0 saturated heterocycles. The molecule has 0 aromatic heterocycles. The number of ether oxygens (including phenoxy) is 2. The average Bonchev–Trinajstić information content (AvgIpc) is 3.10. The molecule has 3 aromatic carbocycles. The zero-order valence-electron chi connectivity index (χ0n) is 17.1. The Labute approximate surface area is 175 Å². The molecule has 1 heterocycles. The lowest BCUT2D eigenvalue weighted by molar-refractivity contribution is -0.113. The summed E-state index contributed by atoms with van der Waals surface area (Å²) in [7, 11) is 3.23. The van der Waals surface area contributed by atoms with Crippen LogP contribution in [0, 0.1) is 6.92 Å². The van der Waals surface area contributed by atoms with Gasteiger partial charge in [-0.1, -0.05) is 35.9 Å². The number of amides is 1. The summed E-state index contributed by atoms with van der Waals surface area (Å²) in [4.78, 5) is 19.7. The molecule has 0 unspecified atom stereocenters. The van der Waals surface area contributed by atoms with Gasteiger partial charge in [-0.2, -0.15) is 0 Å². The number of amidine groups is 1. The molecule has 150 valence electrons. The van der Waals surface area contributed by atoms with Crippen LogP contribution in [0.25, 0.3) is 6.08 Å². The number of carbonyl (C=O) groups excluding carboxylic acids is 1. The van der Waals surface area contributed by atoms with E-state index in [1.165, 1.54) is 0 Å². The van der Waals surface area contributed by atoms with Gasteiger partial charge >= 0.3 is 0 Å². The van der Waals surface area contributed by atoms with E-state index < -0.39 is 0 Å². The molecule has 5 nitrogen and oxygen atoms in total. The SMILES string of the molecule is COc1ccc(N2C(=O)/C(=C\c3cccc(OC)c3)N=C2c2cccc(C)c2)cc1. The van der Waals surface area contributed by atoms with E-state index in [0.29, 0.717) is 11.5 Å². The van der Waals surface area contributed by atoms with Crippen LogP contribution in [0.5, 0.6) is 11.5 Å². The maximum absolute atomic E-state index is 13.4. The summed E-state index contributed by atoms with van der Waals surface area (Å²) < 4.78 is 10.5. The molecule has 0 bridgehead atoms. The fourth-order valence-corrected chi connectivity index (χ4v) is 3.35. The first kappa shape index (κ1) is 19.5. The lowest BCUT2D eigenvalue weighted by Gasteiger charge is -2.19. The third kappa shape index (κ3) is 3.82. The van der Waals surface area contributed by atoms with Crippen LogP contribution in [0.15, 0.2) is 83.5 Å². The van der Waals surface area contributed by atoms with E-state index in [9.17, 15) is 4.79 Å². The van der Waals surface area contributed by atoms with Crippen molar-refractivity contribution in [2.75, 3.05) is 19.1 Å². The standard InChI is InChI=1S/C25H22N2O3/c1-17-6-4-8-19(14-17)24-26-23(16-18-7-5-9-22(15-18)30-3)25(28)27(24)20-10-12-21(29-2)13-11-20/h4-16H,1-3H3/b23-16+. The average molecular weight is 398 g/mol. The number of aryl methyl sites for hydroxylation is 1. The van der Waals surface area contributed by atoms with Crippen molar-refractivity contribution in [3.8, 4) is 11.5 Å². The van der Waals surface area contributed by atoms with Gasteiger partial charge in [-0.25, -0.2) is 4.99 Å². The van der Waals surface area contributed by atoms with Crippen molar-refractivity contribution < 1.29 is 14.3 Å². The molecular formula is C25H22N2O3. The molecule has 0 aliphatic carbocycles. The van der Waals surface area contributed by atoms with E-state index in [0.717, 1.165) is 33.9 Å². The third-order valence-electron chi connectivity index (χ3n) is 4.86. The summed E-state index contributed by atoms with van der Waals surface area (Å²) in [6.07, 6.45) is 1.78. The molecule has 1 aliphatic heterocycles. The zero-order chi connectivity index (χ0) is 21.1. The highest BCUT2D eigenvalue weighted by atomic mass is 16.5. The summed E-state index contributed by atoms with van der Waals surface area (Å²) in [5.74, 6) is 1.87. The summed E-state index contributed by atoms with van der Waals surface area (Å²) in [5.41, 5.74) is 3.93. The molecule has 30 heavy (non-hydrogen) atoms. The lowest BCUT2D eigenvalue weighted by Crippen LogP contribution is -2.32. The summed E-state index contributed by atoms with van der Waals surface area (Å²) in [6, 6.07) is 22.9. The topological polar surface area (TPSA) is 51.1 Å². The molecule has 0 spiro atoms. The lowest BCUT2D eigenvalue weighted by atomic mass is 10.1. The molecule has 4 rings (SSSR count). The Morgan fingerprint density at radius 2 is 1.60 bits per heavy atom. The van der Waals surface area contributed by atoms with Crippen LogP contribution in [0.3, 0.4) is 0 Å². The number of hydrogen-bond donors (Lipinski definition) is 0. The molecule has 5 heteroatoms. The molecule has 1 amide bonds. The maximum Gasteiger partial charge on any atom is 0.282 e. The number of methoxy groups -OCH3 is 2. The van der Waals surface area contributed by atoms with Crippen molar-refractivity contribution in [1.29, 1.82) is 0 Å². The van der Waals surface area contributed by atoms with Gasteiger partial charge in [-0.15, -0.1) is 0 Å². The summed E-state index contributed by atoms with van der Waals surface area (Å²) >= 11 is 0. The monoisotopic (exact) mass is 398 g/mol. The van der Waals surface area contributed by atoms with Crippen molar-refractivity contribution in [3.63, 3.8) is 0 Å². The Balaban J connectivity index is 1.81. The van der Waals surface area contributed by atoms with E-state index >= 15 is 0 Å². The fraction of sp³-hybridized carbons (Fsp3) is 0.120. The fourth-order valence-electron chi connectivity index (χ4n) is 3.35. The number of nitrogens with zero attached hydrogens (tertiary/aromatic N) is 2. The maximum atomic E-state index is 13.4. The van der Waals surface area contributed by atoms with E-state index in [1.54, 1.807) is 25.2 Å². The van der Waals surface area contributed by atoms with Crippen LogP contribution in [0.1, 0.15) is 16.7 Å². The van der Waals surface area contributed by atoms with Crippen LogP contribution in [0.4, 0.5) is 5.69 Å². The highest BCUT2D eigenvalue weighted by Crippen LogP contribution is 2.29. The minimum Gasteiger partial charge on any atom is -0.497 e. The predicted molar refractivity (Wildman–Crippen MR) is 119 cm³/mol. The minimum atomic E-state index is -0.181. The van der Waals surface area contributed by atoms with Gasteiger partial charge in [0.15, 0.2) is 0 Å². The van der Waals surface area contributed by atoms with Crippen molar-refractivity contribution >= 4 is 23.5 Å². The van der Waals surface area contributed by atoms with Crippen molar-refractivity contribution in [2.24, 2.45) is 4.99 Å². The van der Waals surface area contributed by atoms with Crippen molar-refractivity contribution in [3.05, 3.63) is 95.2 Å². The van der Waals surface area contributed by atoms with E-state index in [2.05, 4.69) is 0 Å². The molecule has 1 aliphatic rings. The van der Waals surface area contributed by atoms with Gasteiger partial charge in [-0.05, 0) is 61.0 Å². The van der Waals surface area contributed by atoms with Crippen LogP contribution in [-0.4, -0.2) is 26.0 Å². The Morgan fingerprint density at radius 1 is 0.867 bits per heavy atom. The van der Waals surface area contributed by atoms with E-state index in [1.807, 2.05) is 79.7 Å². The normalized spacial score (nSPS) is 14.8. The first-order valence-corrected chi connectivity index (χ1v) is 9.59. The molecule has 0 N–H and O–H groups in total. The van der Waals surface area contributed by atoms with Crippen LogP contribution in [-0.2, 0) is 4.79 Å². The van der Waals surface area contributed by atoms with Crippen molar-refractivity contribution in [1.82, 2.24) is 0 Å². The largest absolute Gasteiger partial charge is 0.497 e. The first-order valence-electron chi connectivity index (χ1n) is 9.59. The predicted octanol–water partition coefficient (Wildman–Crippen LogP) is 4.85. The molecule has 0 fully saturated rings. The second-order valence-electron chi connectivity index (χ2n) is 6.95. The van der Waals surface area contributed by atoms with Gasteiger partial charge in [0.1, 0.15) is 23.0 Å². The number of anilines is 1. The number of hydrogen-bond acceptors (Lipinski definition) is 4. The van der Waals surface area contributed by atoms with E-state index in [-0.39, 0.29) is 5.91 Å². The second kappa shape index (κ2) is 8.25. The Bertz CT molecular complexity index is 1150. The highest BCUT2D eigenvalue weighted by molar-refractivity contribution is 6.33. The number of carbonyl (C=O) groups is 1. The van der Waals surface area contributed by atoms with Gasteiger partial charge in [0.05, 0.1) is 19.9 Å². The van der Waals surface area contributed by atoms with Crippen molar-refractivity contribution in [2.45, 2.75) is 6.92 Å². The quantitative estimate of drug-likeness (QED) is 0.578.